The molecule has 2 rings (SSSR count). The smallest absolute Gasteiger partial charge is 0.324 e. The molecule has 1 atom stereocenters. The standard InChI is InChI=1S/C9H11N3O3S.ClH/c10-7-1-2-11(4-7)9(13)6-3-8(12(14)15)16-5-6;/h3,5,7H,1-2,4,10H2;1H. The molecule has 0 bridgehead atoms. The Bertz CT molecular complexity index is 437. The largest absolute Gasteiger partial charge is 0.337 e. The van der Waals surface area contributed by atoms with E-state index in [1.165, 1.54) is 11.4 Å². The Morgan fingerprint density at radius 1 is 1.65 bits per heavy atom. The molecule has 1 aliphatic heterocycles. The van der Waals surface area contributed by atoms with E-state index in [2.05, 4.69) is 0 Å². The zero-order valence-electron chi connectivity index (χ0n) is 8.87. The summed E-state index contributed by atoms with van der Waals surface area (Å²) in [6.07, 6.45) is 0.790. The lowest BCUT2D eigenvalue weighted by Gasteiger charge is -2.14. The van der Waals surface area contributed by atoms with Gasteiger partial charge in [0.15, 0.2) is 0 Å². The van der Waals surface area contributed by atoms with E-state index in [1.54, 1.807) is 4.90 Å². The summed E-state index contributed by atoms with van der Waals surface area (Å²) in [5, 5.41) is 12.0. The summed E-state index contributed by atoms with van der Waals surface area (Å²) in [5.41, 5.74) is 6.08. The first-order valence-corrected chi connectivity index (χ1v) is 5.73. The number of nitro groups is 1. The van der Waals surface area contributed by atoms with Gasteiger partial charge in [-0.25, -0.2) is 0 Å². The van der Waals surface area contributed by atoms with Crippen LogP contribution in [0.4, 0.5) is 5.00 Å². The van der Waals surface area contributed by atoms with Crippen molar-refractivity contribution in [3.05, 3.63) is 27.1 Å². The summed E-state index contributed by atoms with van der Waals surface area (Å²) in [5.74, 6) is -0.169. The number of carbonyl (C=O) groups is 1. The highest BCUT2D eigenvalue weighted by Gasteiger charge is 2.26. The Morgan fingerprint density at radius 3 is 2.82 bits per heavy atom. The van der Waals surface area contributed by atoms with Gasteiger partial charge in [0.05, 0.1) is 10.5 Å². The molecule has 0 radical (unpaired) electrons. The highest BCUT2D eigenvalue weighted by atomic mass is 35.5. The van der Waals surface area contributed by atoms with Gasteiger partial charge in [0.2, 0.25) is 0 Å². The van der Waals surface area contributed by atoms with Gasteiger partial charge in [0, 0.05) is 30.6 Å². The number of likely N-dealkylation sites (tertiary alicyclic amines) is 1. The van der Waals surface area contributed by atoms with Gasteiger partial charge in [0.1, 0.15) is 0 Å². The summed E-state index contributed by atoms with van der Waals surface area (Å²) in [7, 11) is 0. The van der Waals surface area contributed by atoms with Crippen molar-refractivity contribution in [2.24, 2.45) is 5.73 Å². The van der Waals surface area contributed by atoms with Crippen LogP contribution in [0.5, 0.6) is 0 Å². The molecule has 17 heavy (non-hydrogen) atoms. The first kappa shape index (κ1) is 13.9. The summed E-state index contributed by atoms with van der Waals surface area (Å²) in [6, 6.07) is 1.34. The third-order valence-corrected chi connectivity index (χ3v) is 3.40. The van der Waals surface area contributed by atoms with Crippen LogP contribution in [0.1, 0.15) is 16.8 Å². The summed E-state index contributed by atoms with van der Waals surface area (Å²) in [4.78, 5) is 23.5. The van der Waals surface area contributed by atoms with Crippen molar-refractivity contribution in [3.63, 3.8) is 0 Å². The van der Waals surface area contributed by atoms with E-state index >= 15 is 0 Å². The normalized spacial score (nSPS) is 18.9. The summed E-state index contributed by atoms with van der Waals surface area (Å²) < 4.78 is 0. The number of carbonyl (C=O) groups excluding carboxylic acids is 1. The van der Waals surface area contributed by atoms with Crippen LogP contribution < -0.4 is 5.73 Å². The second-order valence-corrected chi connectivity index (χ2v) is 4.62. The predicted octanol–water partition coefficient (Wildman–Crippen LogP) is 1.25. The topological polar surface area (TPSA) is 89.5 Å². The van der Waals surface area contributed by atoms with Gasteiger partial charge >= 0.3 is 5.00 Å². The van der Waals surface area contributed by atoms with E-state index in [0.29, 0.717) is 18.7 Å². The molecular weight excluding hydrogens is 266 g/mol. The molecule has 1 amide bonds. The fourth-order valence-electron chi connectivity index (χ4n) is 1.69. The number of hydrogen-bond acceptors (Lipinski definition) is 5. The Hall–Kier alpha value is -1.18. The second kappa shape index (κ2) is 5.44. The Morgan fingerprint density at radius 2 is 2.35 bits per heavy atom. The molecule has 2 N–H and O–H groups in total. The van der Waals surface area contributed by atoms with E-state index in [4.69, 9.17) is 5.73 Å². The quantitative estimate of drug-likeness (QED) is 0.651. The van der Waals surface area contributed by atoms with Crippen molar-refractivity contribution in [2.75, 3.05) is 13.1 Å². The SMILES string of the molecule is Cl.NC1CCN(C(=O)c2csc([N+](=O)[O-])c2)C1. The number of nitrogens with two attached hydrogens (primary N) is 1. The van der Waals surface area contributed by atoms with Gasteiger partial charge in [-0.15, -0.1) is 12.4 Å². The van der Waals surface area contributed by atoms with Gasteiger partial charge in [-0.05, 0) is 6.42 Å². The van der Waals surface area contributed by atoms with Gasteiger partial charge in [0.25, 0.3) is 5.91 Å². The molecule has 0 aromatic carbocycles. The van der Waals surface area contributed by atoms with Gasteiger partial charge < -0.3 is 10.6 Å². The van der Waals surface area contributed by atoms with Crippen LogP contribution in [0.15, 0.2) is 11.4 Å². The summed E-state index contributed by atoms with van der Waals surface area (Å²) in [6.45, 7) is 1.16. The average Bonchev–Trinajstić information content (AvgIpc) is 2.84. The number of hydrogen-bond donors (Lipinski definition) is 1. The summed E-state index contributed by atoms with van der Waals surface area (Å²) >= 11 is 0.968. The fraction of sp³-hybridized carbons (Fsp3) is 0.444. The first-order valence-electron chi connectivity index (χ1n) is 4.85. The monoisotopic (exact) mass is 277 g/mol. The number of halogens is 1. The molecule has 1 aromatic rings. The first-order chi connectivity index (χ1) is 7.58. The maximum Gasteiger partial charge on any atom is 0.324 e. The minimum atomic E-state index is -0.489. The molecule has 1 aromatic heterocycles. The third-order valence-electron chi connectivity index (χ3n) is 2.52. The lowest BCUT2D eigenvalue weighted by molar-refractivity contribution is -0.380. The molecule has 1 unspecified atom stereocenters. The number of nitrogens with zero attached hydrogens (tertiary/aromatic N) is 2. The number of thiophene rings is 1. The van der Waals surface area contributed by atoms with Crippen LogP contribution in [0, 0.1) is 10.1 Å². The highest BCUT2D eigenvalue weighted by molar-refractivity contribution is 7.13. The van der Waals surface area contributed by atoms with Crippen molar-refractivity contribution >= 4 is 34.7 Å². The number of amides is 1. The van der Waals surface area contributed by atoms with Crippen LogP contribution in [0.25, 0.3) is 0 Å². The lowest BCUT2D eigenvalue weighted by atomic mass is 10.3. The molecule has 1 aliphatic rings. The molecule has 2 heterocycles. The van der Waals surface area contributed by atoms with Crippen LogP contribution in [-0.4, -0.2) is 34.9 Å². The Kier molecular flexibility index (Phi) is 4.44. The molecule has 0 aliphatic carbocycles. The van der Waals surface area contributed by atoms with Crippen molar-refractivity contribution < 1.29 is 9.72 Å². The van der Waals surface area contributed by atoms with Crippen molar-refractivity contribution in [2.45, 2.75) is 12.5 Å². The van der Waals surface area contributed by atoms with Crippen LogP contribution in [-0.2, 0) is 0 Å². The third kappa shape index (κ3) is 2.93. The van der Waals surface area contributed by atoms with E-state index in [1.807, 2.05) is 0 Å². The second-order valence-electron chi connectivity index (χ2n) is 3.73. The molecule has 6 nitrogen and oxygen atoms in total. The molecule has 94 valence electrons. The molecular formula is C9H12ClN3O3S. The predicted molar refractivity (Wildman–Crippen MR) is 66.7 cm³/mol. The Balaban J connectivity index is 0.00000144. The molecule has 0 saturated carbocycles. The highest BCUT2D eigenvalue weighted by Crippen LogP contribution is 2.24. The zero-order chi connectivity index (χ0) is 11.7. The van der Waals surface area contributed by atoms with Crippen LogP contribution in [0.3, 0.4) is 0 Å². The van der Waals surface area contributed by atoms with Crippen LogP contribution >= 0.6 is 23.7 Å². The van der Waals surface area contributed by atoms with E-state index in [9.17, 15) is 14.9 Å². The fourth-order valence-corrected chi connectivity index (χ4v) is 2.38. The Labute approximate surface area is 108 Å². The van der Waals surface area contributed by atoms with Crippen molar-refractivity contribution in [3.8, 4) is 0 Å². The van der Waals surface area contributed by atoms with E-state index in [-0.39, 0.29) is 29.4 Å². The molecule has 0 spiro atoms. The average molecular weight is 278 g/mol. The number of rotatable bonds is 2. The van der Waals surface area contributed by atoms with E-state index < -0.39 is 4.92 Å². The van der Waals surface area contributed by atoms with Crippen LogP contribution in [0.2, 0.25) is 0 Å². The zero-order valence-corrected chi connectivity index (χ0v) is 10.5. The molecule has 1 fully saturated rings. The molecule has 8 heteroatoms. The minimum Gasteiger partial charge on any atom is -0.337 e. The lowest BCUT2D eigenvalue weighted by Crippen LogP contribution is -2.31. The minimum absolute atomic E-state index is 0. The maximum atomic E-state index is 11.9. The molecule has 1 saturated heterocycles. The van der Waals surface area contributed by atoms with Gasteiger partial charge in [-0.3, -0.25) is 14.9 Å². The van der Waals surface area contributed by atoms with Gasteiger partial charge in [-0.1, -0.05) is 11.3 Å². The van der Waals surface area contributed by atoms with Crippen molar-refractivity contribution in [1.82, 2.24) is 4.90 Å². The van der Waals surface area contributed by atoms with Crippen molar-refractivity contribution in [1.29, 1.82) is 0 Å². The van der Waals surface area contributed by atoms with Gasteiger partial charge in [-0.2, -0.15) is 0 Å². The maximum absolute atomic E-state index is 11.9. The van der Waals surface area contributed by atoms with E-state index in [0.717, 1.165) is 17.8 Å².